The number of hydrogen-bond donors (Lipinski definition) is 0. The molecule has 6 heteroatoms. The Hall–Kier alpha value is -2.89. The summed E-state index contributed by atoms with van der Waals surface area (Å²) in [7, 11) is 0. The number of allylic oxidation sites excluding steroid dienone is 10. The van der Waals surface area contributed by atoms with Crippen molar-refractivity contribution in [2.75, 3.05) is 13.2 Å². The highest BCUT2D eigenvalue weighted by Gasteiger charge is 2.19. The van der Waals surface area contributed by atoms with Crippen LogP contribution in [0.1, 0.15) is 271 Å². The summed E-state index contributed by atoms with van der Waals surface area (Å²) in [5.41, 5.74) is 0. The molecule has 0 aliphatic rings. The highest BCUT2D eigenvalue weighted by Crippen LogP contribution is 2.16. The van der Waals surface area contributed by atoms with Crippen molar-refractivity contribution in [3.8, 4) is 0 Å². The van der Waals surface area contributed by atoms with E-state index in [0.717, 1.165) is 64.2 Å². The van der Waals surface area contributed by atoms with Crippen molar-refractivity contribution in [1.82, 2.24) is 0 Å². The van der Waals surface area contributed by atoms with Crippen molar-refractivity contribution in [3.63, 3.8) is 0 Å². The molecule has 0 aromatic heterocycles. The van der Waals surface area contributed by atoms with Gasteiger partial charge in [-0.3, -0.25) is 14.4 Å². The Kier molecular flexibility index (Phi) is 50.4. The van der Waals surface area contributed by atoms with Crippen molar-refractivity contribution in [2.45, 2.75) is 277 Å². The lowest BCUT2D eigenvalue weighted by atomic mass is 10.0. The Morgan fingerprint density at radius 2 is 0.703 bits per heavy atom. The second kappa shape index (κ2) is 52.7. The zero-order chi connectivity index (χ0) is 46.5. The molecule has 1 unspecified atom stereocenters. The standard InChI is InChI=1S/C58H102O6/c1-4-7-10-13-16-19-22-25-27-28-29-31-33-36-39-42-45-48-51-57(60)63-54-55(53-62-56(59)50-47-44-41-38-35-32-24-21-18-15-12-9-6-3)64-58(61)52-49-46-43-40-37-34-30-26-23-20-17-14-11-8-5-2/h8,11,14,17,20,23,32,35,41,44,55H,4-7,9-10,12-13,15-16,18-19,21-22,24-31,33-34,36-40,42-43,45-54H2,1-3H3/b11-8+,17-14+,23-20+,35-32+,44-41+. The number of ether oxygens (including phenoxy) is 3. The number of rotatable bonds is 49. The van der Waals surface area contributed by atoms with Gasteiger partial charge in [0.15, 0.2) is 6.10 Å². The first kappa shape index (κ1) is 61.1. The van der Waals surface area contributed by atoms with Gasteiger partial charge < -0.3 is 14.2 Å². The summed E-state index contributed by atoms with van der Waals surface area (Å²) in [6, 6.07) is 0. The van der Waals surface area contributed by atoms with Crippen molar-refractivity contribution in [2.24, 2.45) is 0 Å². The second-order valence-electron chi connectivity index (χ2n) is 18.2. The van der Waals surface area contributed by atoms with Crippen LogP contribution in [0.4, 0.5) is 0 Å². The predicted octanol–water partition coefficient (Wildman–Crippen LogP) is 18.0. The summed E-state index contributed by atoms with van der Waals surface area (Å²) >= 11 is 0. The monoisotopic (exact) mass is 895 g/mol. The van der Waals surface area contributed by atoms with Crippen LogP contribution in [0.15, 0.2) is 60.8 Å². The molecule has 6 nitrogen and oxygen atoms in total. The molecule has 0 saturated heterocycles. The third kappa shape index (κ3) is 50.1. The third-order valence-electron chi connectivity index (χ3n) is 11.8. The molecule has 0 bridgehead atoms. The van der Waals surface area contributed by atoms with E-state index < -0.39 is 6.10 Å². The molecule has 370 valence electrons. The largest absolute Gasteiger partial charge is 0.462 e. The average molecular weight is 895 g/mol. The van der Waals surface area contributed by atoms with Gasteiger partial charge in [-0.05, 0) is 57.8 Å². The Bertz CT molecular complexity index is 1170. The third-order valence-corrected chi connectivity index (χ3v) is 11.8. The number of carbonyl (C=O) groups is 3. The van der Waals surface area contributed by atoms with Gasteiger partial charge in [0.25, 0.3) is 0 Å². The minimum absolute atomic E-state index is 0.0940. The lowest BCUT2D eigenvalue weighted by molar-refractivity contribution is -0.166. The van der Waals surface area contributed by atoms with Gasteiger partial charge in [-0.2, -0.15) is 0 Å². The van der Waals surface area contributed by atoms with Crippen LogP contribution in [-0.2, 0) is 28.6 Å². The van der Waals surface area contributed by atoms with Gasteiger partial charge in [0.2, 0.25) is 0 Å². The van der Waals surface area contributed by atoms with E-state index in [2.05, 4.69) is 75.5 Å². The fourth-order valence-corrected chi connectivity index (χ4v) is 7.73. The highest BCUT2D eigenvalue weighted by atomic mass is 16.6. The summed E-state index contributed by atoms with van der Waals surface area (Å²) in [6.45, 7) is 6.46. The molecule has 0 spiro atoms. The highest BCUT2D eigenvalue weighted by molar-refractivity contribution is 5.71. The molecule has 0 fully saturated rings. The van der Waals surface area contributed by atoms with Crippen molar-refractivity contribution in [3.05, 3.63) is 60.8 Å². The van der Waals surface area contributed by atoms with E-state index in [9.17, 15) is 14.4 Å². The molecule has 0 aromatic rings. The van der Waals surface area contributed by atoms with Crippen molar-refractivity contribution in [1.29, 1.82) is 0 Å². The van der Waals surface area contributed by atoms with Crippen LogP contribution >= 0.6 is 0 Å². The van der Waals surface area contributed by atoms with Crippen molar-refractivity contribution >= 4 is 17.9 Å². The summed E-state index contributed by atoms with van der Waals surface area (Å²) in [4.78, 5) is 38.0. The van der Waals surface area contributed by atoms with Gasteiger partial charge >= 0.3 is 17.9 Å². The van der Waals surface area contributed by atoms with Crippen LogP contribution in [-0.4, -0.2) is 37.2 Å². The zero-order valence-corrected chi connectivity index (χ0v) is 42.3. The van der Waals surface area contributed by atoms with E-state index in [4.69, 9.17) is 14.2 Å². The van der Waals surface area contributed by atoms with Gasteiger partial charge in [-0.15, -0.1) is 0 Å². The number of carbonyl (C=O) groups excluding carboxylic acids is 3. The minimum atomic E-state index is -0.801. The van der Waals surface area contributed by atoms with Crippen LogP contribution in [0.5, 0.6) is 0 Å². The normalized spacial score (nSPS) is 12.5. The minimum Gasteiger partial charge on any atom is -0.462 e. The smallest absolute Gasteiger partial charge is 0.306 e. The topological polar surface area (TPSA) is 78.9 Å². The van der Waals surface area contributed by atoms with Gasteiger partial charge in [0, 0.05) is 19.3 Å². The Balaban J connectivity index is 4.40. The molecule has 0 rings (SSSR count). The first-order valence-electron chi connectivity index (χ1n) is 27.3. The van der Waals surface area contributed by atoms with Crippen LogP contribution in [0, 0.1) is 0 Å². The molecule has 0 N–H and O–H groups in total. The van der Waals surface area contributed by atoms with Gasteiger partial charge in [-0.1, -0.05) is 255 Å². The molecule has 0 heterocycles. The lowest BCUT2D eigenvalue weighted by Crippen LogP contribution is -2.30. The van der Waals surface area contributed by atoms with Crippen LogP contribution in [0.25, 0.3) is 0 Å². The molecular formula is C58H102O6. The molecule has 0 aliphatic carbocycles. The maximum atomic E-state index is 12.8. The predicted molar refractivity (Wildman–Crippen MR) is 275 cm³/mol. The fourth-order valence-electron chi connectivity index (χ4n) is 7.73. The van der Waals surface area contributed by atoms with Crippen molar-refractivity contribution < 1.29 is 28.6 Å². The van der Waals surface area contributed by atoms with Gasteiger partial charge in [-0.25, -0.2) is 0 Å². The quantitative estimate of drug-likeness (QED) is 0.0199. The molecule has 0 amide bonds. The van der Waals surface area contributed by atoms with Gasteiger partial charge in [0.05, 0.1) is 0 Å². The first-order chi connectivity index (χ1) is 31.5. The van der Waals surface area contributed by atoms with E-state index in [1.54, 1.807) is 0 Å². The Morgan fingerprint density at radius 3 is 1.16 bits per heavy atom. The van der Waals surface area contributed by atoms with E-state index >= 15 is 0 Å². The fraction of sp³-hybridized carbons (Fsp3) is 0.776. The summed E-state index contributed by atoms with van der Waals surface area (Å²) in [6.07, 6.45) is 65.1. The maximum Gasteiger partial charge on any atom is 0.306 e. The number of unbranched alkanes of at least 4 members (excludes halogenated alkanes) is 30. The summed E-state index contributed by atoms with van der Waals surface area (Å²) < 4.78 is 16.8. The SMILES string of the molecule is CC/C=C/C=C/C=C/CCCCCCCCCC(=O)OC(COC(=O)CC/C=C/C/C=C/CCCCCCCC)COC(=O)CCCCCCCCCCCCCCCCCCCC. The van der Waals surface area contributed by atoms with E-state index in [1.807, 2.05) is 6.08 Å². The Morgan fingerprint density at radius 1 is 0.344 bits per heavy atom. The molecule has 0 aromatic carbocycles. The second-order valence-corrected chi connectivity index (χ2v) is 18.2. The molecule has 0 aliphatic heterocycles. The summed E-state index contributed by atoms with van der Waals surface area (Å²) in [5, 5.41) is 0. The summed E-state index contributed by atoms with van der Waals surface area (Å²) in [5.74, 6) is -0.969. The number of esters is 3. The molecule has 1 atom stereocenters. The lowest BCUT2D eigenvalue weighted by Gasteiger charge is -2.18. The van der Waals surface area contributed by atoms with E-state index in [1.165, 1.54) is 161 Å². The van der Waals surface area contributed by atoms with Crippen LogP contribution < -0.4 is 0 Å². The van der Waals surface area contributed by atoms with Crippen LogP contribution in [0.2, 0.25) is 0 Å². The zero-order valence-electron chi connectivity index (χ0n) is 42.3. The maximum absolute atomic E-state index is 12.8. The van der Waals surface area contributed by atoms with Gasteiger partial charge in [0.1, 0.15) is 13.2 Å². The van der Waals surface area contributed by atoms with E-state index in [0.29, 0.717) is 19.3 Å². The average Bonchev–Trinajstić information content (AvgIpc) is 3.29. The van der Waals surface area contributed by atoms with E-state index in [-0.39, 0.29) is 37.5 Å². The molecular weight excluding hydrogens is 793 g/mol. The molecule has 64 heavy (non-hydrogen) atoms. The first-order valence-corrected chi connectivity index (χ1v) is 27.3. The molecule has 0 saturated carbocycles. The molecule has 0 radical (unpaired) electrons. The Labute approximate surface area is 396 Å². The van der Waals surface area contributed by atoms with Crippen LogP contribution in [0.3, 0.4) is 0 Å². The number of hydrogen-bond acceptors (Lipinski definition) is 6.